The number of carbonyl (C=O) groups is 1. The average Bonchev–Trinajstić information content (AvgIpc) is 3.08. The van der Waals surface area contributed by atoms with Crippen molar-refractivity contribution in [2.45, 2.75) is 25.9 Å². The Bertz CT molecular complexity index is 1020. The molecule has 29 heavy (non-hydrogen) atoms. The van der Waals surface area contributed by atoms with Crippen LogP contribution in [0.1, 0.15) is 19.7 Å². The molecule has 0 aliphatic carbocycles. The van der Waals surface area contributed by atoms with Crippen LogP contribution in [0.25, 0.3) is 16.7 Å². The Morgan fingerprint density at radius 3 is 2.41 bits per heavy atom. The molecule has 1 fully saturated rings. The maximum atomic E-state index is 14.7. The van der Waals surface area contributed by atoms with Gasteiger partial charge in [0, 0.05) is 31.9 Å². The molecule has 0 atom stereocenters. The van der Waals surface area contributed by atoms with Gasteiger partial charge in [-0.25, -0.2) is 9.37 Å². The fraction of sp³-hybridized carbons (Fsp3) is 0.364. The second-order valence-corrected chi connectivity index (χ2v) is 7.99. The predicted molar refractivity (Wildman–Crippen MR) is 111 cm³/mol. The third-order valence-corrected chi connectivity index (χ3v) is 5.84. The number of amides is 1. The molecule has 6 nitrogen and oxygen atoms in total. The number of aromatic nitrogens is 2. The molecule has 1 aliphatic heterocycles. The fourth-order valence-corrected chi connectivity index (χ4v) is 3.92. The van der Waals surface area contributed by atoms with Gasteiger partial charge in [-0.05, 0) is 38.1 Å². The van der Waals surface area contributed by atoms with Crippen LogP contribution in [0.15, 0.2) is 48.5 Å². The largest absolute Gasteiger partial charge is 0.368 e. The molecule has 0 bridgehead atoms. The highest BCUT2D eigenvalue weighted by Gasteiger charge is 2.35. The first-order valence-electron chi connectivity index (χ1n) is 9.86. The summed E-state index contributed by atoms with van der Waals surface area (Å²) in [7, 11) is 0. The van der Waals surface area contributed by atoms with Crippen molar-refractivity contribution < 1.29 is 9.18 Å². The van der Waals surface area contributed by atoms with Crippen molar-refractivity contribution >= 4 is 16.9 Å². The number of halogens is 1. The topological polar surface area (TPSA) is 67.4 Å². The van der Waals surface area contributed by atoms with Crippen molar-refractivity contribution in [2.75, 3.05) is 26.2 Å². The molecule has 0 unspecified atom stereocenters. The molecule has 1 aromatic heterocycles. The molecule has 1 saturated heterocycles. The van der Waals surface area contributed by atoms with Crippen molar-refractivity contribution in [1.82, 2.24) is 19.4 Å². The van der Waals surface area contributed by atoms with Gasteiger partial charge in [0.15, 0.2) is 0 Å². The number of piperazine rings is 1. The van der Waals surface area contributed by atoms with Gasteiger partial charge < -0.3 is 5.73 Å². The van der Waals surface area contributed by atoms with E-state index in [1.807, 2.05) is 54.8 Å². The van der Waals surface area contributed by atoms with Gasteiger partial charge in [0.1, 0.15) is 17.2 Å². The summed E-state index contributed by atoms with van der Waals surface area (Å²) in [6, 6.07) is 14.8. The number of nitrogens with zero attached hydrogens (tertiary/aromatic N) is 4. The Balaban J connectivity index is 1.61. The van der Waals surface area contributed by atoms with Gasteiger partial charge in [-0.1, -0.05) is 24.3 Å². The van der Waals surface area contributed by atoms with Crippen LogP contribution in [-0.4, -0.2) is 57.0 Å². The number of carbonyl (C=O) groups excluding carboxylic acids is 1. The molecule has 4 rings (SSSR count). The molecular formula is C22H26FN5O. The second kappa shape index (κ2) is 7.57. The lowest BCUT2D eigenvalue weighted by Gasteiger charge is -2.42. The number of rotatable bonds is 5. The van der Waals surface area contributed by atoms with E-state index in [1.165, 1.54) is 6.07 Å². The highest BCUT2D eigenvalue weighted by Crippen LogP contribution is 2.25. The summed E-state index contributed by atoms with van der Waals surface area (Å²) in [5, 5.41) is 0. The van der Waals surface area contributed by atoms with E-state index in [-0.39, 0.29) is 11.7 Å². The molecule has 7 heteroatoms. The van der Waals surface area contributed by atoms with Crippen LogP contribution < -0.4 is 5.73 Å². The van der Waals surface area contributed by atoms with E-state index >= 15 is 0 Å². The third kappa shape index (κ3) is 3.63. The fourth-order valence-electron chi connectivity index (χ4n) is 3.92. The molecule has 2 heterocycles. The van der Waals surface area contributed by atoms with Crippen molar-refractivity contribution in [3.05, 3.63) is 60.2 Å². The van der Waals surface area contributed by atoms with Crippen LogP contribution in [0.2, 0.25) is 0 Å². The highest BCUT2D eigenvalue weighted by molar-refractivity contribution is 5.83. The minimum absolute atomic E-state index is 0.280. The van der Waals surface area contributed by atoms with E-state index in [4.69, 9.17) is 10.7 Å². The number of hydrogen-bond acceptors (Lipinski definition) is 4. The molecular weight excluding hydrogens is 369 g/mol. The van der Waals surface area contributed by atoms with Gasteiger partial charge in [0.25, 0.3) is 0 Å². The Morgan fingerprint density at radius 1 is 1.07 bits per heavy atom. The molecule has 2 aromatic carbocycles. The Hall–Kier alpha value is -2.77. The zero-order chi connectivity index (χ0) is 20.6. The zero-order valence-corrected chi connectivity index (χ0v) is 16.8. The predicted octanol–water partition coefficient (Wildman–Crippen LogP) is 2.55. The molecule has 0 radical (unpaired) electrons. The lowest BCUT2D eigenvalue weighted by atomic mass is 10.0. The van der Waals surface area contributed by atoms with Gasteiger partial charge in [0.2, 0.25) is 5.91 Å². The standard InChI is InChI=1S/C22H26FN5O/c1-22(2,21(24)29)27-13-11-26(12-14-27)15-19-25-18-10-6-9-17(23)20(18)28(19)16-7-4-3-5-8-16/h3-10H,11-15H2,1-2H3,(H2,24,29). The summed E-state index contributed by atoms with van der Waals surface area (Å²) >= 11 is 0. The Labute approximate surface area is 169 Å². The van der Waals surface area contributed by atoms with Crippen molar-refractivity contribution in [3.8, 4) is 5.69 Å². The summed E-state index contributed by atoms with van der Waals surface area (Å²) in [6.07, 6.45) is 0. The van der Waals surface area contributed by atoms with E-state index in [1.54, 1.807) is 6.07 Å². The van der Waals surface area contributed by atoms with Crippen LogP contribution in [-0.2, 0) is 11.3 Å². The summed E-state index contributed by atoms with van der Waals surface area (Å²) in [5.41, 5.74) is 6.94. The van der Waals surface area contributed by atoms with E-state index in [0.29, 0.717) is 17.6 Å². The molecule has 1 aliphatic rings. The summed E-state index contributed by atoms with van der Waals surface area (Å²) in [6.45, 7) is 7.40. The maximum absolute atomic E-state index is 14.7. The van der Waals surface area contributed by atoms with Crippen LogP contribution in [0.3, 0.4) is 0 Å². The third-order valence-electron chi connectivity index (χ3n) is 5.84. The first-order chi connectivity index (χ1) is 13.9. The number of hydrogen-bond donors (Lipinski definition) is 1. The van der Waals surface area contributed by atoms with E-state index in [2.05, 4.69) is 9.80 Å². The van der Waals surface area contributed by atoms with E-state index in [9.17, 15) is 9.18 Å². The van der Waals surface area contributed by atoms with E-state index in [0.717, 1.165) is 37.7 Å². The van der Waals surface area contributed by atoms with Gasteiger partial charge >= 0.3 is 0 Å². The molecule has 3 aromatic rings. The van der Waals surface area contributed by atoms with E-state index < -0.39 is 5.54 Å². The number of imidazole rings is 1. The second-order valence-electron chi connectivity index (χ2n) is 7.99. The van der Waals surface area contributed by atoms with Crippen LogP contribution in [0.5, 0.6) is 0 Å². The van der Waals surface area contributed by atoms with Crippen molar-refractivity contribution in [2.24, 2.45) is 5.73 Å². The Kier molecular flexibility index (Phi) is 5.10. The normalized spacial score (nSPS) is 16.4. The molecule has 0 saturated carbocycles. The first-order valence-corrected chi connectivity index (χ1v) is 9.86. The number of primary amides is 1. The molecule has 2 N–H and O–H groups in total. The van der Waals surface area contributed by atoms with Crippen LogP contribution >= 0.6 is 0 Å². The number of benzene rings is 2. The minimum Gasteiger partial charge on any atom is -0.368 e. The first kappa shape index (κ1) is 19.5. The maximum Gasteiger partial charge on any atom is 0.237 e. The van der Waals surface area contributed by atoms with Gasteiger partial charge in [-0.2, -0.15) is 0 Å². The summed E-state index contributed by atoms with van der Waals surface area (Å²) in [5.74, 6) is 0.212. The van der Waals surface area contributed by atoms with Crippen molar-refractivity contribution in [1.29, 1.82) is 0 Å². The van der Waals surface area contributed by atoms with Gasteiger partial charge in [-0.3, -0.25) is 19.2 Å². The number of nitrogens with two attached hydrogens (primary N) is 1. The SMILES string of the molecule is CC(C)(C(N)=O)N1CCN(Cc2nc3cccc(F)c3n2-c2ccccc2)CC1. The van der Waals surface area contributed by atoms with Crippen LogP contribution in [0.4, 0.5) is 4.39 Å². The zero-order valence-electron chi connectivity index (χ0n) is 16.8. The number of fused-ring (bicyclic) bond motifs is 1. The van der Waals surface area contributed by atoms with Crippen molar-refractivity contribution in [3.63, 3.8) is 0 Å². The van der Waals surface area contributed by atoms with Gasteiger partial charge in [0.05, 0.1) is 17.6 Å². The molecule has 0 spiro atoms. The minimum atomic E-state index is -0.660. The smallest absolute Gasteiger partial charge is 0.237 e. The van der Waals surface area contributed by atoms with Crippen LogP contribution in [0, 0.1) is 5.82 Å². The highest BCUT2D eigenvalue weighted by atomic mass is 19.1. The van der Waals surface area contributed by atoms with Gasteiger partial charge in [-0.15, -0.1) is 0 Å². The molecule has 1 amide bonds. The monoisotopic (exact) mass is 395 g/mol. The summed E-state index contributed by atoms with van der Waals surface area (Å²) < 4.78 is 16.6. The molecule has 152 valence electrons. The summed E-state index contributed by atoms with van der Waals surface area (Å²) in [4.78, 5) is 20.9. The number of para-hydroxylation sites is 2. The Morgan fingerprint density at radius 2 is 1.76 bits per heavy atom. The lowest BCUT2D eigenvalue weighted by molar-refractivity contribution is -0.129. The lowest BCUT2D eigenvalue weighted by Crippen LogP contribution is -2.59. The average molecular weight is 395 g/mol. The quantitative estimate of drug-likeness (QED) is 0.721.